The van der Waals surface area contributed by atoms with Crippen LogP contribution in [-0.2, 0) is 9.47 Å². The number of ether oxygens (including phenoxy) is 2. The Hall–Kier alpha value is -2.76. The number of rotatable bonds is 3. The molecule has 2 aliphatic heterocycles. The minimum Gasteiger partial charge on any atom is -0.378 e. The smallest absolute Gasteiger partial charge is 0.228 e. The third kappa shape index (κ3) is 3.31. The Morgan fingerprint density at radius 2 is 1.65 bits per heavy atom. The summed E-state index contributed by atoms with van der Waals surface area (Å²) in [5.41, 5.74) is 1.92. The van der Waals surface area contributed by atoms with Gasteiger partial charge in [0.2, 0.25) is 5.95 Å². The van der Waals surface area contributed by atoms with Crippen LogP contribution in [0.15, 0.2) is 24.5 Å². The van der Waals surface area contributed by atoms with Crippen molar-refractivity contribution in [3.63, 3.8) is 0 Å². The molecule has 0 atom stereocenters. The highest BCUT2D eigenvalue weighted by Gasteiger charge is 2.25. The van der Waals surface area contributed by atoms with Gasteiger partial charge in [0.1, 0.15) is 11.6 Å². The van der Waals surface area contributed by atoms with Gasteiger partial charge in [-0.1, -0.05) is 0 Å². The van der Waals surface area contributed by atoms with Crippen molar-refractivity contribution in [1.29, 1.82) is 5.26 Å². The topological polar surface area (TPSA) is 87.4 Å². The Morgan fingerprint density at radius 1 is 0.962 bits per heavy atom. The molecule has 8 nitrogen and oxygen atoms in total. The molecule has 0 aromatic carbocycles. The van der Waals surface area contributed by atoms with Gasteiger partial charge in [0.05, 0.1) is 32.1 Å². The van der Waals surface area contributed by atoms with Gasteiger partial charge >= 0.3 is 0 Å². The van der Waals surface area contributed by atoms with E-state index in [1.165, 1.54) is 0 Å². The van der Waals surface area contributed by atoms with Crippen LogP contribution >= 0.6 is 0 Å². The van der Waals surface area contributed by atoms with Crippen molar-refractivity contribution in [2.24, 2.45) is 0 Å². The summed E-state index contributed by atoms with van der Waals surface area (Å²) in [6.07, 6.45) is 3.44. The van der Waals surface area contributed by atoms with Crippen LogP contribution in [0.2, 0.25) is 0 Å². The maximum atomic E-state index is 9.85. The molecule has 134 valence electrons. The second kappa shape index (κ2) is 7.64. The maximum absolute atomic E-state index is 9.85. The molecule has 2 aliphatic rings. The standard InChI is InChI=1S/C18H20N6O2/c19-12-15-16(14-2-1-3-20-13-14)21-18(24-6-10-26-11-7-24)22-17(15)23-4-8-25-9-5-23/h1-3,13H,4-11H2. The Morgan fingerprint density at radius 3 is 2.27 bits per heavy atom. The fraction of sp³-hybridized carbons (Fsp3) is 0.444. The zero-order valence-electron chi connectivity index (χ0n) is 14.5. The molecule has 4 heterocycles. The molecule has 26 heavy (non-hydrogen) atoms. The zero-order chi connectivity index (χ0) is 17.8. The van der Waals surface area contributed by atoms with Crippen LogP contribution < -0.4 is 9.80 Å². The molecule has 2 aromatic rings. The molecule has 4 rings (SSSR count). The van der Waals surface area contributed by atoms with E-state index in [0.717, 1.165) is 18.7 Å². The van der Waals surface area contributed by atoms with Crippen LogP contribution in [0.5, 0.6) is 0 Å². The molecule has 0 aliphatic carbocycles. The average Bonchev–Trinajstić information content (AvgIpc) is 2.74. The van der Waals surface area contributed by atoms with Crippen LogP contribution in [0, 0.1) is 11.3 Å². The summed E-state index contributed by atoms with van der Waals surface area (Å²) in [4.78, 5) is 17.9. The van der Waals surface area contributed by atoms with Crippen LogP contribution in [-0.4, -0.2) is 67.6 Å². The first-order chi connectivity index (χ1) is 12.9. The van der Waals surface area contributed by atoms with E-state index in [-0.39, 0.29) is 0 Å². The van der Waals surface area contributed by atoms with E-state index >= 15 is 0 Å². The van der Waals surface area contributed by atoms with Gasteiger partial charge in [-0.05, 0) is 12.1 Å². The van der Waals surface area contributed by atoms with E-state index in [2.05, 4.69) is 20.9 Å². The molecular weight excluding hydrogens is 332 g/mol. The molecule has 0 bridgehead atoms. The van der Waals surface area contributed by atoms with E-state index in [1.54, 1.807) is 12.4 Å². The Kier molecular flexibility index (Phi) is 4.91. The maximum Gasteiger partial charge on any atom is 0.228 e. The van der Waals surface area contributed by atoms with Crippen molar-refractivity contribution < 1.29 is 9.47 Å². The van der Waals surface area contributed by atoms with Gasteiger partial charge in [-0.3, -0.25) is 4.98 Å². The minimum atomic E-state index is 0.483. The van der Waals surface area contributed by atoms with E-state index in [4.69, 9.17) is 19.4 Å². The summed E-state index contributed by atoms with van der Waals surface area (Å²) in [6, 6.07) is 6.08. The number of anilines is 2. The molecule has 0 unspecified atom stereocenters. The van der Waals surface area contributed by atoms with Crippen molar-refractivity contribution in [3.05, 3.63) is 30.1 Å². The molecular formula is C18H20N6O2. The molecule has 0 saturated carbocycles. The third-order valence-electron chi connectivity index (χ3n) is 4.53. The highest BCUT2D eigenvalue weighted by atomic mass is 16.5. The highest BCUT2D eigenvalue weighted by Crippen LogP contribution is 2.30. The lowest BCUT2D eigenvalue weighted by atomic mass is 10.1. The zero-order valence-corrected chi connectivity index (χ0v) is 14.5. The number of pyridine rings is 1. The van der Waals surface area contributed by atoms with Crippen molar-refractivity contribution in [3.8, 4) is 17.3 Å². The molecule has 2 fully saturated rings. The minimum absolute atomic E-state index is 0.483. The molecule has 0 N–H and O–H groups in total. The molecule has 8 heteroatoms. The summed E-state index contributed by atoms with van der Waals surface area (Å²) in [5.74, 6) is 1.30. The van der Waals surface area contributed by atoms with Gasteiger partial charge in [0, 0.05) is 44.1 Å². The first-order valence-electron chi connectivity index (χ1n) is 8.75. The fourth-order valence-corrected chi connectivity index (χ4v) is 3.16. The van der Waals surface area contributed by atoms with E-state index < -0.39 is 0 Å². The normalized spacial score (nSPS) is 17.8. The summed E-state index contributed by atoms with van der Waals surface area (Å²) >= 11 is 0. The Labute approximate surface area is 152 Å². The molecule has 2 saturated heterocycles. The quantitative estimate of drug-likeness (QED) is 0.811. The van der Waals surface area contributed by atoms with Gasteiger partial charge in [-0.25, -0.2) is 4.98 Å². The number of aromatic nitrogens is 3. The average molecular weight is 352 g/mol. The molecule has 0 spiro atoms. The lowest BCUT2D eigenvalue weighted by Gasteiger charge is -2.31. The van der Waals surface area contributed by atoms with Crippen LogP contribution in [0.25, 0.3) is 11.3 Å². The predicted molar refractivity (Wildman–Crippen MR) is 96.0 cm³/mol. The summed E-state index contributed by atoms with van der Waals surface area (Å²) < 4.78 is 10.9. The van der Waals surface area contributed by atoms with E-state index in [0.29, 0.717) is 62.5 Å². The number of nitrogens with zero attached hydrogens (tertiary/aromatic N) is 6. The monoisotopic (exact) mass is 352 g/mol. The number of nitriles is 1. The van der Waals surface area contributed by atoms with Crippen molar-refractivity contribution in [1.82, 2.24) is 15.0 Å². The summed E-state index contributed by atoms with van der Waals surface area (Å²) in [6.45, 7) is 5.45. The van der Waals surface area contributed by atoms with Gasteiger partial charge < -0.3 is 19.3 Å². The van der Waals surface area contributed by atoms with Crippen molar-refractivity contribution in [2.75, 3.05) is 62.4 Å². The Bertz CT molecular complexity index is 795. The largest absolute Gasteiger partial charge is 0.378 e. The first kappa shape index (κ1) is 16.7. The van der Waals surface area contributed by atoms with E-state index in [1.807, 2.05) is 12.1 Å². The lowest BCUT2D eigenvalue weighted by Crippen LogP contribution is -2.40. The van der Waals surface area contributed by atoms with E-state index in [9.17, 15) is 5.26 Å². The summed E-state index contributed by atoms with van der Waals surface area (Å²) in [5, 5.41) is 9.85. The van der Waals surface area contributed by atoms with Crippen LogP contribution in [0.1, 0.15) is 5.56 Å². The van der Waals surface area contributed by atoms with Gasteiger partial charge in [-0.15, -0.1) is 0 Å². The van der Waals surface area contributed by atoms with Crippen molar-refractivity contribution >= 4 is 11.8 Å². The van der Waals surface area contributed by atoms with Gasteiger partial charge in [0.15, 0.2) is 5.82 Å². The van der Waals surface area contributed by atoms with Gasteiger partial charge in [0.25, 0.3) is 0 Å². The van der Waals surface area contributed by atoms with Crippen LogP contribution in [0.3, 0.4) is 0 Å². The first-order valence-corrected chi connectivity index (χ1v) is 8.75. The second-order valence-corrected chi connectivity index (χ2v) is 6.12. The molecule has 2 aromatic heterocycles. The SMILES string of the molecule is N#Cc1c(-c2cccnc2)nc(N2CCOCC2)nc1N1CCOCC1. The number of hydrogen-bond donors (Lipinski definition) is 0. The number of morpholine rings is 2. The highest BCUT2D eigenvalue weighted by molar-refractivity contribution is 5.74. The Balaban J connectivity index is 1.84. The number of hydrogen-bond acceptors (Lipinski definition) is 8. The lowest BCUT2D eigenvalue weighted by molar-refractivity contribution is 0.121. The third-order valence-corrected chi connectivity index (χ3v) is 4.53. The second-order valence-electron chi connectivity index (χ2n) is 6.12. The fourth-order valence-electron chi connectivity index (χ4n) is 3.16. The molecule has 0 radical (unpaired) electrons. The predicted octanol–water partition coefficient (Wildman–Crippen LogP) is 1.08. The summed E-state index contributed by atoms with van der Waals surface area (Å²) in [7, 11) is 0. The van der Waals surface area contributed by atoms with Crippen molar-refractivity contribution in [2.45, 2.75) is 0 Å². The van der Waals surface area contributed by atoms with Gasteiger partial charge in [-0.2, -0.15) is 10.2 Å². The van der Waals surface area contributed by atoms with Crippen LogP contribution in [0.4, 0.5) is 11.8 Å². The molecule has 0 amide bonds.